The fraction of sp³-hybridized carbons (Fsp3) is 0.273. The van der Waals surface area contributed by atoms with E-state index >= 15 is 0 Å². The van der Waals surface area contributed by atoms with Crippen LogP contribution in [0.15, 0.2) is 29.3 Å². The van der Waals surface area contributed by atoms with E-state index < -0.39 is 0 Å². The standard InChI is InChI=1S/C11H16ClN5/c1-2-7-15-10(13)17-11(14)16-9-5-3-8(12)4-6-9/h3-6H,2,7H2,1H3,(H5,13,14,15,16,17). The van der Waals surface area contributed by atoms with Gasteiger partial charge in [0.05, 0.1) is 0 Å². The average Bonchev–Trinajstić information content (AvgIpc) is 2.29. The van der Waals surface area contributed by atoms with E-state index in [2.05, 4.69) is 15.6 Å². The van der Waals surface area contributed by atoms with Gasteiger partial charge < -0.3 is 16.4 Å². The summed E-state index contributed by atoms with van der Waals surface area (Å²) in [5.41, 5.74) is 6.42. The van der Waals surface area contributed by atoms with Crippen LogP contribution in [0.2, 0.25) is 5.02 Å². The van der Waals surface area contributed by atoms with Crippen molar-refractivity contribution in [1.29, 1.82) is 5.41 Å². The molecule has 92 valence electrons. The molecule has 0 heterocycles. The third-order valence-electron chi connectivity index (χ3n) is 1.89. The molecule has 0 saturated carbocycles. The van der Waals surface area contributed by atoms with Gasteiger partial charge in [-0.2, -0.15) is 4.99 Å². The zero-order valence-electron chi connectivity index (χ0n) is 9.63. The maximum Gasteiger partial charge on any atom is 0.218 e. The van der Waals surface area contributed by atoms with E-state index in [4.69, 9.17) is 22.7 Å². The molecular formula is C11H16ClN5. The van der Waals surface area contributed by atoms with Crippen LogP contribution < -0.4 is 16.4 Å². The van der Waals surface area contributed by atoms with Crippen molar-refractivity contribution in [3.8, 4) is 0 Å². The molecule has 5 N–H and O–H groups in total. The maximum absolute atomic E-state index is 7.48. The lowest BCUT2D eigenvalue weighted by Crippen LogP contribution is -2.29. The molecule has 0 amide bonds. The number of anilines is 1. The van der Waals surface area contributed by atoms with Gasteiger partial charge in [0.2, 0.25) is 11.9 Å². The van der Waals surface area contributed by atoms with Gasteiger partial charge in [0.1, 0.15) is 0 Å². The van der Waals surface area contributed by atoms with E-state index in [9.17, 15) is 0 Å². The second-order valence-electron chi connectivity index (χ2n) is 3.40. The lowest BCUT2D eigenvalue weighted by molar-refractivity contribution is 0.829. The van der Waals surface area contributed by atoms with Gasteiger partial charge in [-0.05, 0) is 30.7 Å². The van der Waals surface area contributed by atoms with Crippen molar-refractivity contribution in [2.24, 2.45) is 10.7 Å². The molecule has 6 heteroatoms. The molecule has 0 fully saturated rings. The van der Waals surface area contributed by atoms with Gasteiger partial charge in [0.15, 0.2) is 0 Å². The Labute approximate surface area is 106 Å². The molecule has 0 aromatic heterocycles. The summed E-state index contributed by atoms with van der Waals surface area (Å²) in [5, 5.41) is 13.8. The minimum atomic E-state index is 0.0470. The highest BCUT2D eigenvalue weighted by atomic mass is 35.5. The number of nitrogens with one attached hydrogen (secondary N) is 3. The second-order valence-corrected chi connectivity index (χ2v) is 3.84. The molecule has 0 atom stereocenters. The number of nitrogens with zero attached hydrogens (tertiary/aromatic N) is 1. The van der Waals surface area contributed by atoms with E-state index in [1.54, 1.807) is 24.3 Å². The third kappa shape index (κ3) is 5.21. The molecule has 0 aliphatic heterocycles. The Morgan fingerprint density at radius 2 is 2.06 bits per heavy atom. The predicted molar refractivity (Wildman–Crippen MR) is 72.7 cm³/mol. The van der Waals surface area contributed by atoms with Crippen molar-refractivity contribution >= 4 is 29.2 Å². The summed E-state index contributed by atoms with van der Waals surface area (Å²) in [7, 11) is 0. The molecule has 0 spiro atoms. The topological polar surface area (TPSA) is 86.3 Å². The molecule has 1 aromatic carbocycles. The fourth-order valence-corrected chi connectivity index (χ4v) is 1.24. The first-order valence-corrected chi connectivity index (χ1v) is 5.68. The fourth-order valence-electron chi connectivity index (χ4n) is 1.11. The Morgan fingerprint density at radius 3 is 2.65 bits per heavy atom. The monoisotopic (exact) mass is 253 g/mol. The number of hydrogen-bond acceptors (Lipinski definition) is 1. The van der Waals surface area contributed by atoms with Crippen LogP contribution in [0.4, 0.5) is 5.69 Å². The van der Waals surface area contributed by atoms with Crippen LogP contribution >= 0.6 is 11.6 Å². The minimum Gasteiger partial charge on any atom is -0.369 e. The van der Waals surface area contributed by atoms with Gasteiger partial charge in [0, 0.05) is 17.3 Å². The largest absolute Gasteiger partial charge is 0.369 e. The Hall–Kier alpha value is -1.75. The molecule has 0 radical (unpaired) electrons. The lowest BCUT2D eigenvalue weighted by atomic mass is 10.3. The highest BCUT2D eigenvalue weighted by molar-refractivity contribution is 6.30. The summed E-state index contributed by atoms with van der Waals surface area (Å²) in [4.78, 5) is 3.85. The molecule has 0 saturated heterocycles. The van der Waals surface area contributed by atoms with Gasteiger partial charge in [0.25, 0.3) is 0 Å². The van der Waals surface area contributed by atoms with Crippen molar-refractivity contribution < 1.29 is 0 Å². The van der Waals surface area contributed by atoms with Crippen LogP contribution in [-0.2, 0) is 0 Å². The molecule has 5 nitrogen and oxygen atoms in total. The van der Waals surface area contributed by atoms with Crippen LogP contribution in [-0.4, -0.2) is 18.5 Å². The van der Waals surface area contributed by atoms with Gasteiger partial charge in [-0.3, -0.25) is 5.41 Å². The van der Waals surface area contributed by atoms with Crippen molar-refractivity contribution in [1.82, 2.24) is 5.32 Å². The Balaban J connectivity index is 2.53. The van der Waals surface area contributed by atoms with E-state index in [0.717, 1.165) is 12.1 Å². The van der Waals surface area contributed by atoms with Crippen LogP contribution in [0, 0.1) is 5.41 Å². The molecule has 0 unspecified atom stereocenters. The number of nitrogens with two attached hydrogens (primary N) is 1. The molecular weight excluding hydrogens is 238 g/mol. The van der Waals surface area contributed by atoms with Crippen LogP contribution in [0.1, 0.15) is 13.3 Å². The van der Waals surface area contributed by atoms with Gasteiger partial charge in [-0.15, -0.1) is 0 Å². The Kier molecular flexibility index (Phi) is 5.29. The number of hydrogen-bond donors (Lipinski definition) is 4. The summed E-state index contributed by atoms with van der Waals surface area (Å²) in [6, 6.07) is 7.07. The summed E-state index contributed by atoms with van der Waals surface area (Å²) < 4.78 is 0. The van der Waals surface area contributed by atoms with Crippen molar-refractivity contribution in [3.63, 3.8) is 0 Å². The van der Waals surface area contributed by atoms with E-state index in [1.807, 2.05) is 6.92 Å². The van der Waals surface area contributed by atoms with Gasteiger partial charge in [-0.1, -0.05) is 18.5 Å². The summed E-state index contributed by atoms with van der Waals surface area (Å²) in [6.07, 6.45) is 0.933. The van der Waals surface area contributed by atoms with Gasteiger partial charge >= 0.3 is 0 Å². The summed E-state index contributed by atoms with van der Waals surface area (Å²) in [6.45, 7) is 2.72. The number of rotatable bonds is 3. The minimum absolute atomic E-state index is 0.0470. The first-order valence-electron chi connectivity index (χ1n) is 5.31. The quantitative estimate of drug-likeness (QED) is 0.491. The predicted octanol–water partition coefficient (Wildman–Crippen LogP) is 2.00. The zero-order valence-corrected chi connectivity index (χ0v) is 10.4. The van der Waals surface area contributed by atoms with Crippen LogP contribution in [0.25, 0.3) is 0 Å². The number of guanidine groups is 2. The van der Waals surface area contributed by atoms with Gasteiger partial charge in [-0.25, -0.2) is 0 Å². The first kappa shape index (κ1) is 13.3. The second kappa shape index (κ2) is 6.75. The van der Waals surface area contributed by atoms with Crippen LogP contribution in [0.3, 0.4) is 0 Å². The first-order chi connectivity index (χ1) is 8.11. The van der Waals surface area contributed by atoms with Crippen molar-refractivity contribution in [3.05, 3.63) is 29.3 Å². The van der Waals surface area contributed by atoms with E-state index in [0.29, 0.717) is 11.6 Å². The summed E-state index contributed by atoms with van der Waals surface area (Å²) in [5.74, 6) is 0.215. The highest BCUT2D eigenvalue weighted by Gasteiger charge is 1.97. The summed E-state index contributed by atoms with van der Waals surface area (Å²) >= 11 is 5.76. The van der Waals surface area contributed by atoms with Crippen LogP contribution in [0.5, 0.6) is 0 Å². The molecule has 1 rings (SSSR count). The molecule has 0 bridgehead atoms. The Morgan fingerprint density at radius 1 is 1.41 bits per heavy atom. The smallest absolute Gasteiger partial charge is 0.218 e. The normalized spacial score (nSPS) is 11.1. The molecule has 0 aliphatic carbocycles. The zero-order chi connectivity index (χ0) is 12.7. The maximum atomic E-state index is 7.48. The van der Waals surface area contributed by atoms with E-state index in [1.165, 1.54) is 0 Å². The van der Waals surface area contributed by atoms with Crippen molar-refractivity contribution in [2.45, 2.75) is 13.3 Å². The third-order valence-corrected chi connectivity index (χ3v) is 2.14. The van der Waals surface area contributed by atoms with Crippen molar-refractivity contribution in [2.75, 3.05) is 11.9 Å². The SMILES string of the molecule is CCCNC(=N)N=C(N)Nc1ccc(Cl)cc1. The molecule has 1 aromatic rings. The average molecular weight is 254 g/mol. The number of benzene rings is 1. The lowest BCUT2D eigenvalue weighted by Gasteiger charge is -2.06. The number of halogens is 1. The van der Waals surface area contributed by atoms with E-state index in [-0.39, 0.29) is 11.9 Å². The molecule has 17 heavy (non-hydrogen) atoms. The number of aliphatic imine (C=N–C) groups is 1. The highest BCUT2D eigenvalue weighted by Crippen LogP contribution is 2.12. The molecule has 0 aliphatic rings. The Bertz CT molecular complexity index is 399.